The van der Waals surface area contributed by atoms with Crippen LogP contribution in [0.5, 0.6) is 0 Å². The van der Waals surface area contributed by atoms with Crippen LogP contribution < -0.4 is 5.32 Å². The van der Waals surface area contributed by atoms with E-state index in [0.29, 0.717) is 25.4 Å². The minimum atomic E-state index is -0.334. The van der Waals surface area contributed by atoms with Crippen molar-refractivity contribution < 1.29 is 14.3 Å². The number of hydrogen-bond donors (Lipinski definition) is 2. The van der Waals surface area contributed by atoms with E-state index in [1.807, 2.05) is 18.9 Å². The highest BCUT2D eigenvalue weighted by atomic mass is 19.1. The summed E-state index contributed by atoms with van der Waals surface area (Å²) in [4.78, 5) is 14.0. The molecule has 122 valence electrons. The smallest absolute Gasteiger partial charge is 0.237 e. The molecule has 0 spiro atoms. The number of nitrogens with zero attached hydrogens (tertiary/aromatic N) is 1. The van der Waals surface area contributed by atoms with Gasteiger partial charge in [0, 0.05) is 13.1 Å². The molecule has 2 rings (SSSR count). The van der Waals surface area contributed by atoms with Gasteiger partial charge in [0.25, 0.3) is 0 Å². The lowest BCUT2D eigenvalue weighted by Gasteiger charge is -2.26. The van der Waals surface area contributed by atoms with Crippen molar-refractivity contribution in [1.29, 1.82) is 0 Å². The maximum Gasteiger partial charge on any atom is 0.237 e. The number of carbonyl (C=O) groups is 1. The largest absolute Gasteiger partial charge is 0.392 e. The zero-order chi connectivity index (χ0) is 16.1. The Bertz CT molecular complexity index is 488. The number of likely N-dealkylation sites (N-methyl/N-ethyl adjacent to an activating group) is 1. The molecule has 0 bridgehead atoms. The second-order valence-corrected chi connectivity index (χ2v) is 6.19. The van der Waals surface area contributed by atoms with Gasteiger partial charge < -0.3 is 10.4 Å². The van der Waals surface area contributed by atoms with Crippen LogP contribution in [0.4, 0.5) is 4.39 Å². The van der Waals surface area contributed by atoms with Crippen LogP contribution in [0.3, 0.4) is 0 Å². The summed E-state index contributed by atoms with van der Waals surface area (Å²) in [5, 5.41) is 12.8. The molecule has 5 heteroatoms. The van der Waals surface area contributed by atoms with E-state index in [9.17, 15) is 14.3 Å². The quantitative estimate of drug-likeness (QED) is 0.766. The van der Waals surface area contributed by atoms with Crippen molar-refractivity contribution >= 4 is 5.91 Å². The average molecular weight is 308 g/mol. The topological polar surface area (TPSA) is 52.6 Å². The summed E-state index contributed by atoms with van der Waals surface area (Å²) >= 11 is 0. The lowest BCUT2D eigenvalue weighted by Crippen LogP contribution is -2.46. The fourth-order valence-electron chi connectivity index (χ4n) is 2.41. The number of benzene rings is 1. The van der Waals surface area contributed by atoms with Crippen molar-refractivity contribution in [3.05, 3.63) is 35.6 Å². The highest BCUT2D eigenvalue weighted by molar-refractivity contribution is 5.81. The van der Waals surface area contributed by atoms with E-state index in [0.717, 1.165) is 18.4 Å². The standard InChI is InChI=1S/C17H25FN2O2/c1-12(20(2)11-16(21)14-5-6-14)17(22)19-10-9-13-3-7-15(18)8-4-13/h3-4,7-8,12,14,16,21H,5-6,9-11H2,1-2H3,(H,19,22). The second kappa shape index (κ2) is 7.70. The molecule has 2 atom stereocenters. The van der Waals surface area contributed by atoms with Crippen molar-refractivity contribution in [3.8, 4) is 0 Å². The van der Waals surface area contributed by atoms with Crippen LogP contribution >= 0.6 is 0 Å². The van der Waals surface area contributed by atoms with E-state index in [1.54, 1.807) is 12.1 Å². The molecule has 0 heterocycles. The fraction of sp³-hybridized carbons (Fsp3) is 0.588. The third-order valence-corrected chi connectivity index (χ3v) is 4.31. The summed E-state index contributed by atoms with van der Waals surface area (Å²) in [5.41, 5.74) is 0.992. The van der Waals surface area contributed by atoms with Gasteiger partial charge in [-0.05, 0) is 56.8 Å². The molecule has 1 aromatic rings. The van der Waals surface area contributed by atoms with Crippen LogP contribution in [-0.2, 0) is 11.2 Å². The first-order valence-corrected chi connectivity index (χ1v) is 7.88. The molecule has 0 aromatic heterocycles. The van der Waals surface area contributed by atoms with Crippen molar-refractivity contribution in [1.82, 2.24) is 10.2 Å². The van der Waals surface area contributed by atoms with Crippen molar-refractivity contribution in [2.45, 2.75) is 38.3 Å². The molecule has 2 unspecified atom stereocenters. The highest BCUT2D eigenvalue weighted by Gasteiger charge is 2.31. The number of halogens is 1. The summed E-state index contributed by atoms with van der Waals surface area (Å²) in [5.74, 6) is 0.112. The van der Waals surface area contributed by atoms with E-state index in [4.69, 9.17) is 0 Å². The maximum absolute atomic E-state index is 12.8. The molecule has 1 aromatic carbocycles. The van der Waals surface area contributed by atoms with E-state index in [1.165, 1.54) is 12.1 Å². The number of rotatable bonds is 8. The predicted octanol–water partition coefficient (Wildman–Crippen LogP) is 1.58. The van der Waals surface area contributed by atoms with Gasteiger partial charge in [-0.3, -0.25) is 9.69 Å². The Balaban J connectivity index is 1.69. The molecule has 1 aliphatic rings. The first-order valence-electron chi connectivity index (χ1n) is 7.88. The number of amides is 1. The normalized spacial score (nSPS) is 17.3. The van der Waals surface area contributed by atoms with Gasteiger partial charge in [-0.2, -0.15) is 0 Å². The zero-order valence-electron chi connectivity index (χ0n) is 13.3. The lowest BCUT2D eigenvalue weighted by atomic mass is 10.1. The second-order valence-electron chi connectivity index (χ2n) is 6.19. The summed E-state index contributed by atoms with van der Waals surface area (Å²) in [6, 6.07) is 6.02. The molecule has 22 heavy (non-hydrogen) atoms. The molecule has 1 fully saturated rings. The van der Waals surface area contributed by atoms with Crippen LogP contribution in [-0.4, -0.2) is 48.2 Å². The zero-order valence-corrected chi connectivity index (χ0v) is 13.3. The Kier molecular flexibility index (Phi) is 5.91. The molecular weight excluding hydrogens is 283 g/mol. The molecule has 2 N–H and O–H groups in total. The van der Waals surface area contributed by atoms with E-state index >= 15 is 0 Å². The Morgan fingerprint density at radius 2 is 2.05 bits per heavy atom. The number of carbonyl (C=O) groups excluding carboxylic acids is 1. The summed E-state index contributed by atoms with van der Waals surface area (Å²) in [7, 11) is 1.86. The molecule has 0 radical (unpaired) electrons. The SMILES string of the molecule is CC(C(=O)NCCc1ccc(F)cc1)N(C)CC(O)C1CC1. The Morgan fingerprint density at radius 3 is 2.64 bits per heavy atom. The van der Waals surface area contributed by atoms with Crippen molar-refractivity contribution in [2.24, 2.45) is 5.92 Å². The average Bonchev–Trinajstić information content (AvgIpc) is 3.33. The van der Waals surface area contributed by atoms with Crippen LogP contribution in [0, 0.1) is 11.7 Å². The van der Waals surface area contributed by atoms with Crippen LogP contribution in [0.2, 0.25) is 0 Å². The summed E-state index contributed by atoms with van der Waals surface area (Å²) < 4.78 is 12.8. The molecule has 0 aliphatic heterocycles. The number of nitrogens with one attached hydrogen (secondary N) is 1. The molecule has 1 aliphatic carbocycles. The minimum Gasteiger partial charge on any atom is -0.392 e. The van der Waals surface area contributed by atoms with Gasteiger partial charge in [-0.15, -0.1) is 0 Å². The van der Waals surface area contributed by atoms with Gasteiger partial charge >= 0.3 is 0 Å². The van der Waals surface area contributed by atoms with Gasteiger partial charge in [0.15, 0.2) is 0 Å². The molecule has 1 amide bonds. The molecule has 0 saturated heterocycles. The Labute approximate surface area is 131 Å². The van der Waals surface area contributed by atoms with Crippen molar-refractivity contribution in [2.75, 3.05) is 20.1 Å². The predicted molar refractivity (Wildman–Crippen MR) is 83.9 cm³/mol. The van der Waals surface area contributed by atoms with E-state index in [-0.39, 0.29) is 23.9 Å². The van der Waals surface area contributed by atoms with Gasteiger partial charge in [-0.25, -0.2) is 4.39 Å². The number of hydrogen-bond acceptors (Lipinski definition) is 3. The van der Waals surface area contributed by atoms with Gasteiger partial charge in [0.2, 0.25) is 5.91 Å². The van der Waals surface area contributed by atoms with Gasteiger partial charge in [-0.1, -0.05) is 12.1 Å². The van der Waals surface area contributed by atoms with Crippen LogP contribution in [0.15, 0.2) is 24.3 Å². The summed E-state index contributed by atoms with van der Waals surface area (Å²) in [6.45, 7) is 2.89. The van der Waals surface area contributed by atoms with Crippen molar-refractivity contribution in [3.63, 3.8) is 0 Å². The van der Waals surface area contributed by atoms with Gasteiger partial charge in [0.05, 0.1) is 12.1 Å². The fourth-order valence-corrected chi connectivity index (χ4v) is 2.41. The molecular formula is C17H25FN2O2. The number of aliphatic hydroxyl groups excluding tert-OH is 1. The third-order valence-electron chi connectivity index (χ3n) is 4.31. The van der Waals surface area contributed by atoms with Crippen LogP contribution in [0.25, 0.3) is 0 Å². The minimum absolute atomic E-state index is 0.0485. The molecule has 1 saturated carbocycles. The first kappa shape index (κ1) is 16.9. The first-order chi connectivity index (χ1) is 10.5. The lowest BCUT2D eigenvalue weighted by molar-refractivity contribution is -0.125. The van der Waals surface area contributed by atoms with Crippen LogP contribution in [0.1, 0.15) is 25.3 Å². The maximum atomic E-state index is 12.8. The van der Waals surface area contributed by atoms with E-state index in [2.05, 4.69) is 5.32 Å². The number of aliphatic hydroxyl groups is 1. The molecule has 4 nitrogen and oxygen atoms in total. The van der Waals surface area contributed by atoms with E-state index < -0.39 is 0 Å². The Morgan fingerprint density at radius 1 is 1.41 bits per heavy atom. The van der Waals surface area contributed by atoms with Gasteiger partial charge in [0.1, 0.15) is 5.82 Å². The monoisotopic (exact) mass is 308 g/mol. The highest BCUT2D eigenvalue weighted by Crippen LogP contribution is 2.32. The Hall–Kier alpha value is -1.46. The third kappa shape index (κ3) is 5.07. The summed E-state index contributed by atoms with van der Waals surface area (Å²) in [6.07, 6.45) is 2.52.